The van der Waals surface area contributed by atoms with Gasteiger partial charge in [0.2, 0.25) is 0 Å². The monoisotopic (exact) mass is 228 g/mol. The van der Waals surface area contributed by atoms with E-state index < -0.39 is 0 Å². The quantitative estimate of drug-likeness (QED) is 0.685. The summed E-state index contributed by atoms with van der Waals surface area (Å²) in [6, 6.07) is 0. The zero-order valence-electron chi connectivity index (χ0n) is 11.3. The summed E-state index contributed by atoms with van der Waals surface area (Å²) >= 11 is 0. The SMILES string of the molecule is C=C(CO)C(C)CC.CC/C=C(/CC)CO. The Morgan fingerprint density at radius 2 is 1.75 bits per heavy atom. The van der Waals surface area contributed by atoms with E-state index in [1.807, 2.05) is 0 Å². The van der Waals surface area contributed by atoms with Crippen LogP contribution in [-0.2, 0) is 0 Å². The van der Waals surface area contributed by atoms with E-state index in [0.717, 1.165) is 30.4 Å². The molecule has 0 aliphatic rings. The molecule has 96 valence electrons. The van der Waals surface area contributed by atoms with Gasteiger partial charge in [0.05, 0.1) is 13.2 Å². The molecule has 0 heterocycles. The molecule has 0 aliphatic heterocycles. The van der Waals surface area contributed by atoms with E-state index in [4.69, 9.17) is 10.2 Å². The van der Waals surface area contributed by atoms with Crippen LogP contribution in [0.3, 0.4) is 0 Å². The van der Waals surface area contributed by atoms with Gasteiger partial charge in [0, 0.05) is 0 Å². The highest BCUT2D eigenvalue weighted by Crippen LogP contribution is 2.09. The van der Waals surface area contributed by atoms with Gasteiger partial charge in [0.1, 0.15) is 0 Å². The van der Waals surface area contributed by atoms with Gasteiger partial charge < -0.3 is 10.2 Å². The van der Waals surface area contributed by atoms with Crippen LogP contribution in [0.15, 0.2) is 23.8 Å². The van der Waals surface area contributed by atoms with Gasteiger partial charge >= 0.3 is 0 Å². The van der Waals surface area contributed by atoms with E-state index in [1.165, 1.54) is 0 Å². The summed E-state index contributed by atoms with van der Waals surface area (Å²) in [6.07, 6.45) is 5.15. The lowest BCUT2D eigenvalue weighted by Gasteiger charge is -2.07. The minimum absolute atomic E-state index is 0.134. The van der Waals surface area contributed by atoms with Crippen molar-refractivity contribution in [2.24, 2.45) is 5.92 Å². The smallest absolute Gasteiger partial charge is 0.0641 e. The fourth-order valence-corrected chi connectivity index (χ4v) is 1.05. The van der Waals surface area contributed by atoms with Crippen LogP contribution >= 0.6 is 0 Å². The third kappa shape index (κ3) is 9.94. The second-order valence-electron chi connectivity index (χ2n) is 3.91. The second-order valence-corrected chi connectivity index (χ2v) is 3.91. The van der Waals surface area contributed by atoms with Crippen LogP contribution in [0, 0.1) is 5.92 Å². The number of hydrogen-bond acceptors (Lipinski definition) is 2. The fraction of sp³-hybridized carbons (Fsp3) is 0.714. The molecule has 0 spiro atoms. The Balaban J connectivity index is 0. The number of allylic oxidation sites excluding steroid dienone is 1. The van der Waals surface area contributed by atoms with Crippen molar-refractivity contribution in [2.75, 3.05) is 13.2 Å². The van der Waals surface area contributed by atoms with Gasteiger partial charge in [-0.05, 0) is 36.3 Å². The average Bonchev–Trinajstić information content (AvgIpc) is 2.34. The molecule has 0 saturated heterocycles. The number of aliphatic hydroxyl groups is 2. The van der Waals surface area contributed by atoms with E-state index in [0.29, 0.717) is 5.92 Å². The maximum Gasteiger partial charge on any atom is 0.0641 e. The van der Waals surface area contributed by atoms with Crippen molar-refractivity contribution >= 4 is 0 Å². The summed E-state index contributed by atoms with van der Waals surface area (Å²) in [7, 11) is 0. The van der Waals surface area contributed by atoms with Crippen molar-refractivity contribution in [3.63, 3.8) is 0 Å². The lowest BCUT2D eigenvalue weighted by Crippen LogP contribution is -1.99. The maximum atomic E-state index is 8.59. The van der Waals surface area contributed by atoms with Crippen molar-refractivity contribution in [1.82, 2.24) is 0 Å². The average molecular weight is 228 g/mol. The lowest BCUT2D eigenvalue weighted by atomic mass is 10.0. The van der Waals surface area contributed by atoms with Crippen molar-refractivity contribution in [1.29, 1.82) is 0 Å². The summed E-state index contributed by atoms with van der Waals surface area (Å²) in [6.45, 7) is 12.3. The van der Waals surface area contributed by atoms with E-state index in [1.54, 1.807) is 0 Å². The van der Waals surface area contributed by atoms with Crippen LogP contribution in [-0.4, -0.2) is 23.4 Å². The van der Waals surface area contributed by atoms with Gasteiger partial charge in [-0.2, -0.15) is 0 Å². The third-order valence-electron chi connectivity index (χ3n) is 2.66. The molecule has 0 fully saturated rings. The highest BCUT2D eigenvalue weighted by atomic mass is 16.3. The van der Waals surface area contributed by atoms with E-state index in [9.17, 15) is 0 Å². The molecule has 0 rings (SSSR count). The van der Waals surface area contributed by atoms with Gasteiger partial charge in [0.25, 0.3) is 0 Å². The molecule has 0 aliphatic carbocycles. The third-order valence-corrected chi connectivity index (χ3v) is 2.66. The maximum absolute atomic E-state index is 8.59. The molecule has 0 radical (unpaired) electrons. The fourth-order valence-electron chi connectivity index (χ4n) is 1.05. The minimum atomic E-state index is 0.134. The predicted octanol–water partition coefficient (Wildman–Crippen LogP) is 3.31. The largest absolute Gasteiger partial charge is 0.392 e. The van der Waals surface area contributed by atoms with Crippen molar-refractivity contribution in [3.8, 4) is 0 Å². The Morgan fingerprint density at radius 1 is 1.19 bits per heavy atom. The second kappa shape index (κ2) is 12.5. The number of rotatable bonds is 6. The summed E-state index contributed by atoms with van der Waals surface area (Å²) in [4.78, 5) is 0. The van der Waals surface area contributed by atoms with Gasteiger partial charge in [-0.3, -0.25) is 0 Å². The molecule has 2 N–H and O–H groups in total. The molecular weight excluding hydrogens is 200 g/mol. The van der Waals surface area contributed by atoms with E-state index in [-0.39, 0.29) is 13.2 Å². The molecule has 1 unspecified atom stereocenters. The standard InChI is InChI=1S/2C7H14O/c1-4-6(2)7(3)5-8;1-3-5-7(4-2)6-8/h6,8H,3-5H2,1-2H3;5,8H,3-4,6H2,1-2H3/b;7-5-. The summed E-state index contributed by atoms with van der Waals surface area (Å²) < 4.78 is 0. The molecule has 0 saturated carbocycles. The molecular formula is C14H28O2. The molecule has 0 aromatic carbocycles. The van der Waals surface area contributed by atoms with E-state index in [2.05, 4.69) is 40.3 Å². The number of hydrogen-bond donors (Lipinski definition) is 2. The van der Waals surface area contributed by atoms with Crippen LogP contribution in [0.25, 0.3) is 0 Å². The zero-order valence-corrected chi connectivity index (χ0v) is 11.3. The highest BCUT2D eigenvalue weighted by Gasteiger charge is 1.99. The Labute approximate surface area is 101 Å². The van der Waals surface area contributed by atoms with Crippen LogP contribution in [0.4, 0.5) is 0 Å². The highest BCUT2D eigenvalue weighted by molar-refractivity contribution is 5.00. The Kier molecular flexibility index (Phi) is 13.9. The summed E-state index contributed by atoms with van der Waals surface area (Å²) in [5.41, 5.74) is 2.08. The normalized spacial score (nSPS) is 12.8. The number of aliphatic hydroxyl groups excluding tert-OH is 2. The van der Waals surface area contributed by atoms with Crippen molar-refractivity contribution in [2.45, 2.75) is 47.0 Å². The molecule has 0 aromatic heterocycles. The molecule has 2 heteroatoms. The Hall–Kier alpha value is -0.600. The van der Waals surface area contributed by atoms with Crippen molar-refractivity contribution < 1.29 is 10.2 Å². The molecule has 0 amide bonds. The first-order valence-corrected chi connectivity index (χ1v) is 6.14. The van der Waals surface area contributed by atoms with Crippen LogP contribution < -0.4 is 0 Å². The summed E-state index contributed by atoms with van der Waals surface area (Å²) in [5.74, 6) is 0.472. The molecule has 0 aromatic rings. The van der Waals surface area contributed by atoms with E-state index >= 15 is 0 Å². The van der Waals surface area contributed by atoms with Gasteiger partial charge in [0.15, 0.2) is 0 Å². The van der Waals surface area contributed by atoms with Gasteiger partial charge in [-0.1, -0.05) is 40.3 Å². The zero-order chi connectivity index (χ0) is 13.0. The molecule has 2 nitrogen and oxygen atoms in total. The first kappa shape index (κ1) is 17.8. The van der Waals surface area contributed by atoms with Crippen LogP contribution in [0.1, 0.15) is 47.0 Å². The Morgan fingerprint density at radius 3 is 1.88 bits per heavy atom. The van der Waals surface area contributed by atoms with Crippen LogP contribution in [0.2, 0.25) is 0 Å². The van der Waals surface area contributed by atoms with Crippen LogP contribution in [0.5, 0.6) is 0 Å². The minimum Gasteiger partial charge on any atom is -0.392 e. The Bertz CT molecular complexity index is 189. The van der Waals surface area contributed by atoms with Gasteiger partial charge in [-0.15, -0.1) is 0 Å². The molecule has 1 atom stereocenters. The first-order chi connectivity index (χ1) is 7.56. The van der Waals surface area contributed by atoms with Crippen molar-refractivity contribution in [3.05, 3.63) is 23.8 Å². The lowest BCUT2D eigenvalue weighted by molar-refractivity contribution is 0.315. The topological polar surface area (TPSA) is 40.5 Å². The molecule has 16 heavy (non-hydrogen) atoms. The summed E-state index contributed by atoms with van der Waals surface area (Å²) in [5, 5.41) is 17.1. The first-order valence-electron chi connectivity index (χ1n) is 6.14. The molecule has 0 bridgehead atoms. The van der Waals surface area contributed by atoms with Gasteiger partial charge in [-0.25, -0.2) is 0 Å². The predicted molar refractivity (Wildman–Crippen MR) is 71.4 cm³/mol.